The van der Waals surface area contributed by atoms with Crippen molar-refractivity contribution in [3.05, 3.63) is 58.9 Å². The number of rotatable bonds is 6. The summed E-state index contributed by atoms with van der Waals surface area (Å²) in [4.78, 5) is 0. The zero-order valence-electron chi connectivity index (χ0n) is 12.5. The van der Waals surface area contributed by atoms with Gasteiger partial charge in [0.1, 0.15) is 5.82 Å². The van der Waals surface area contributed by atoms with E-state index in [-0.39, 0.29) is 10.8 Å². The summed E-state index contributed by atoms with van der Waals surface area (Å²) in [5.41, 5.74) is 3.28. The summed E-state index contributed by atoms with van der Waals surface area (Å²) in [6.07, 6.45) is 2.15. The van der Waals surface area contributed by atoms with Crippen LogP contribution in [0.4, 0.5) is 4.39 Å². The third kappa shape index (κ3) is 4.55. The fraction of sp³-hybridized carbons (Fsp3) is 0.333. The molecule has 0 saturated heterocycles. The molecule has 2 rings (SSSR count). The molecular weight excluding hydrogens is 285 g/mol. The Morgan fingerprint density at radius 2 is 1.76 bits per heavy atom. The Morgan fingerprint density at radius 3 is 2.38 bits per heavy atom. The fourth-order valence-corrected chi connectivity index (χ4v) is 2.51. The molecule has 0 aliphatic rings. The van der Waals surface area contributed by atoms with Gasteiger partial charge in [-0.25, -0.2) is 4.39 Å². The van der Waals surface area contributed by atoms with E-state index in [0.717, 1.165) is 30.5 Å². The molecule has 2 aromatic carbocycles. The molecule has 0 spiro atoms. The van der Waals surface area contributed by atoms with Crippen molar-refractivity contribution in [2.45, 2.75) is 32.7 Å². The van der Waals surface area contributed by atoms with Gasteiger partial charge >= 0.3 is 0 Å². The maximum absolute atomic E-state index is 13.2. The van der Waals surface area contributed by atoms with E-state index in [9.17, 15) is 4.39 Å². The van der Waals surface area contributed by atoms with Crippen molar-refractivity contribution in [3.63, 3.8) is 0 Å². The summed E-state index contributed by atoms with van der Waals surface area (Å²) in [6, 6.07) is 13.7. The normalized spacial score (nSPS) is 12.4. The molecule has 112 valence electrons. The highest BCUT2D eigenvalue weighted by Gasteiger charge is 2.05. The number of hydrogen-bond acceptors (Lipinski definition) is 1. The van der Waals surface area contributed by atoms with E-state index in [4.69, 9.17) is 11.6 Å². The van der Waals surface area contributed by atoms with Crippen molar-refractivity contribution in [1.82, 2.24) is 5.32 Å². The van der Waals surface area contributed by atoms with Gasteiger partial charge in [-0.15, -0.1) is 0 Å². The van der Waals surface area contributed by atoms with E-state index in [1.807, 2.05) is 0 Å². The van der Waals surface area contributed by atoms with Crippen LogP contribution in [0.5, 0.6) is 0 Å². The third-order valence-corrected chi connectivity index (χ3v) is 3.78. The lowest BCUT2D eigenvalue weighted by Gasteiger charge is -2.13. The van der Waals surface area contributed by atoms with Crippen LogP contribution in [0.1, 0.15) is 25.8 Å². The van der Waals surface area contributed by atoms with Crippen LogP contribution in [0, 0.1) is 5.82 Å². The standard InChI is InChI=1S/C18H21ClFN/c1-3-10-21-13(2)11-14-4-6-15(7-5-14)16-8-9-18(20)17(19)12-16/h4-9,12-13,21H,3,10-11H2,1-2H3. The predicted molar refractivity (Wildman–Crippen MR) is 88.3 cm³/mol. The maximum Gasteiger partial charge on any atom is 0.141 e. The van der Waals surface area contributed by atoms with Gasteiger partial charge in [0.05, 0.1) is 5.02 Å². The molecule has 1 N–H and O–H groups in total. The zero-order chi connectivity index (χ0) is 15.2. The second-order valence-corrected chi connectivity index (χ2v) is 5.79. The molecule has 0 amide bonds. The van der Waals surface area contributed by atoms with Crippen molar-refractivity contribution in [1.29, 1.82) is 0 Å². The van der Waals surface area contributed by atoms with Crippen LogP contribution < -0.4 is 5.32 Å². The van der Waals surface area contributed by atoms with Crippen LogP contribution in [0.2, 0.25) is 5.02 Å². The molecule has 0 bridgehead atoms. The molecular formula is C18H21ClFN. The van der Waals surface area contributed by atoms with E-state index >= 15 is 0 Å². The second-order valence-electron chi connectivity index (χ2n) is 5.39. The van der Waals surface area contributed by atoms with Crippen LogP contribution in [-0.4, -0.2) is 12.6 Å². The molecule has 0 aliphatic heterocycles. The lowest BCUT2D eigenvalue weighted by Crippen LogP contribution is -2.28. The second kappa shape index (κ2) is 7.58. The molecule has 0 heterocycles. The van der Waals surface area contributed by atoms with Gasteiger partial charge in [-0.2, -0.15) is 0 Å². The van der Waals surface area contributed by atoms with E-state index in [2.05, 4.69) is 43.4 Å². The SMILES string of the molecule is CCCNC(C)Cc1ccc(-c2ccc(F)c(Cl)c2)cc1. The molecule has 3 heteroatoms. The number of benzene rings is 2. The molecule has 1 nitrogen and oxygen atoms in total. The van der Waals surface area contributed by atoms with Gasteiger partial charge in [0.15, 0.2) is 0 Å². The predicted octanol–water partition coefficient (Wildman–Crippen LogP) is 5.08. The highest BCUT2D eigenvalue weighted by molar-refractivity contribution is 6.31. The first kappa shape index (κ1) is 16.0. The van der Waals surface area contributed by atoms with Crippen molar-refractivity contribution in [2.75, 3.05) is 6.54 Å². The number of nitrogens with one attached hydrogen (secondary N) is 1. The van der Waals surface area contributed by atoms with Crippen LogP contribution in [0.15, 0.2) is 42.5 Å². The molecule has 1 unspecified atom stereocenters. The molecule has 0 fully saturated rings. The Morgan fingerprint density at radius 1 is 1.10 bits per heavy atom. The van der Waals surface area contributed by atoms with Gasteiger partial charge < -0.3 is 5.32 Å². The van der Waals surface area contributed by atoms with Gasteiger partial charge in [0, 0.05) is 6.04 Å². The molecule has 0 saturated carbocycles. The first-order valence-corrected chi connectivity index (χ1v) is 7.75. The minimum atomic E-state index is -0.382. The summed E-state index contributed by atoms with van der Waals surface area (Å²) in [5, 5.41) is 3.64. The molecule has 0 aliphatic carbocycles. The van der Waals surface area contributed by atoms with Gasteiger partial charge in [0.2, 0.25) is 0 Å². The minimum Gasteiger partial charge on any atom is -0.314 e. The van der Waals surface area contributed by atoms with Crippen LogP contribution >= 0.6 is 11.6 Å². The monoisotopic (exact) mass is 305 g/mol. The smallest absolute Gasteiger partial charge is 0.141 e. The van der Waals surface area contributed by atoms with Crippen LogP contribution in [0.25, 0.3) is 11.1 Å². The molecule has 2 aromatic rings. The van der Waals surface area contributed by atoms with E-state index in [1.165, 1.54) is 11.6 Å². The quantitative estimate of drug-likeness (QED) is 0.785. The molecule has 0 radical (unpaired) electrons. The number of halogens is 2. The van der Waals surface area contributed by atoms with Crippen molar-refractivity contribution < 1.29 is 4.39 Å². The Hall–Kier alpha value is -1.38. The molecule has 1 atom stereocenters. The Kier molecular flexibility index (Phi) is 5.77. The highest BCUT2D eigenvalue weighted by Crippen LogP contribution is 2.25. The van der Waals surface area contributed by atoms with Gasteiger partial charge in [-0.1, -0.05) is 48.9 Å². The number of hydrogen-bond donors (Lipinski definition) is 1. The van der Waals surface area contributed by atoms with Crippen molar-refractivity contribution in [2.24, 2.45) is 0 Å². The minimum absolute atomic E-state index is 0.161. The summed E-state index contributed by atoms with van der Waals surface area (Å²) >= 11 is 5.83. The van der Waals surface area contributed by atoms with Crippen molar-refractivity contribution >= 4 is 11.6 Å². The average molecular weight is 306 g/mol. The Bertz CT molecular complexity index is 580. The topological polar surface area (TPSA) is 12.0 Å². The van der Waals surface area contributed by atoms with E-state index < -0.39 is 0 Å². The Labute approximate surface area is 131 Å². The summed E-state index contributed by atoms with van der Waals surface area (Å²) in [5.74, 6) is -0.382. The third-order valence-electron chi connectivity index (χ3n) is 3.49. The largest absolute Gasteiger partial charge is 0.314 e. The molecule has 0 aromatic heterocycles. The Balaban J connectivity index is 2.06. The summed E-state index contributed by atoms with van der Waals surface area (Å²) in [7, 11) is 0. The van der Waals surface area contributed by atoms with Crippen molar-refractivity contribution in [3.8, 4) is 11.1 Å². The van der Waals surface area contributed by atoms with Crippen LogP contribution in [-0.2, 0) is 6.42 Å². The van der Waals surface area contributed by atoms with Gasteiger partial charge in [0.25, 0.3) is 0 Å². The fourth-order valence-electron chi connectivity index (χ4n) is 2.33. The van der Waals surface area contributed by atoms with Crippen LogP contribution in [0.3, 0.4) is 0 Å². The van der Waals surface area contributed by atoms with Gasteiger partial charge in [-0.3, -0.25) is 0 Å². The van der Waals surface area contributed by atoms with E-state index in [1.54, 1.807) is 12.1 Å². The zero-order valence-corrected chi connectivity index (χ0v) is 13.3. The summed E-state index contributed by atoms with van der Waals surface area (Å²) in [6.45, 7) is 5.42. The van der Waals surface area contributed by atoms with E-state index in [0.29, 0.717) is 6.04 Å². The average Bonchev–Trinajstić information content (AvgIpc) is 2.49. The summed E-state index contributed by atoms with van der Waals surface area (Å²) < 4.78 is 13.2. The first-order chi connectivity index (χ1) is 10.1. The molecule has 21 heavy (non-hydrogen) atoms. The highest BCUT2D eigenvalue weighted by atomic mass is 35.5. The lowest BCUT2D eigenvalue weighted by atomic mass is 10.0. The van der Waals surface area contributed by atoms with Gasteiger partial charge in [-0.05, 0) is 55.1 Å². The first-order valence-electron chi connectivity index (χ1n) is 7.38. The lowest BCUT2D eigenvalue weighted by molar-refractivity contribution is 0.543. The maximum atomic E-state index is 13.2.